The molecule has 0 saturated heterocycles. The van der Waals surface area contributed by atoms with Crippen molar-refractivity contribution in [2.24, 2.45) is 0 Å². The standard InChI is InChI=1S/C2H2N2S.CH4O4S/c1-3-4-2-5-1;1-5-6(2,3)4/h1-2H;1H3,(H,2,3,4). The lowest BCUT2D eigenvalue weighted by molar-refractivity contribution is 0.324. The summed E-state index contributed by atoms with van der Waals surface area (Å²) in [7, 11) is -3.29. The van der Waals surface area contributed by atoms with Crippen molar-refractivity contribution in [2.45, 2.75) is 0 Å². The molecule has 1 aromatic rings. The molecule has 8 heteroatoms. The maximum Gasteiger partial charge on any atom is 0.397 e. The van der Waals surface area contributed by atoms with Gasteiger partial charge in [0.15, 0.2) is 0 Å². The van der Waals surface area contributed by atoms with Gasteiger partial charge in [0, 0.05) is 0 Å². The van der Waals surface area contributed by atoms with E-state index in [1.165, 1.54) is 11.3 Å². The van der Waals surface area contributed by atoms with Crippen LogP contribution in [0.2, 0.25) is 0 Å². The van der Waals surface area contributed by atoms with Gasteiger partial charge in [0.25, 0.3) is 0 Å². The van der Waals surface area contributed by atoms with Gasteiger partial charge in [0.1, 0.15) is 11.0 Å². The molecule has 0 amide bonds. The van der Waals surface area contributed by atoms with Crippen molar-refractivity contribution >= 4 is 21.7 Å². The highest BCUT2D eigenvalue weighted by atomic mass is 32.3. The van der Waals surface area contributed by atoms with Crippen molar-refractivity contribution < 1.29 is 17.2 Å². The molecule has 0 saturated carbocycles. The van der Waals surface area contributed by atoms with E-state index in [1.54, 1.807) is 11.0 Å². The van der Waals surface area contributed by atoms with Crippen LogP contribution in [-0.4, -0.2) is 30.3 Å². The number of rotatable bonds is 1. The summed E-state index contributed by atoms with van der Waals surface area (Å²) in [5.41, 5.74) is 3.36. The summed E-state index contributed by atoms with van der Waals surface area (Å²) < 4.78 is 29.7. The van der Waals surface area contributed by atoms with E-state index in [2.05, 4.69) is 14.4 Å². The summed E-state index contributed by atoms with van der Waals surface area (Å²) >= 11 is 1.49. The van der Waals surface area contributed by atoms with Crippen molar-refractivity contribution in [3.8, 4) is 0 Å². The van der Waals surface area contributed by atoms with Crippen molar-refractivity contribution in [1.82, 2.24) is 10.2 Å². The molecule has 0 aliphatic carbocycles. The van der Waals surface area contributed by atoms with Crippen LogP contribution in [0.1, 0.15) is 0 Å². The third-order valence-corrected chi connectivity index (χ3v) is 1.35. The van der Waals surface area contributed by atoms with E-state index in [4.69, 9.17) is 4.55 Å². The van der Waals surface area contributed by atoms with E-state index in [0.717, 1.165) is 7.11 Å². The molecule has 1 heterocycles. The molecule has 64 valence electrons. The molecular weight excluding hydrogens is 192 g/mol. The molecule has 0 unspecified atom stereocenters. The number of aromatic nitrogens is 2. The Hall–Kier alpha value is -0.570. The van der Waals surface area contributed by atoms with E-state index in [-0.39, 0.29) is 0 Å². The molecule has 0 aliphatic heterocycles. The molecule has 0 radical (unpaired) electrons. The van der Waals surface area contributed by atoms with Crippen molar-refractivity contribution in [3.63, 3.8) is 0 Å². The summed E-state index contributed by atoms with van der Waals surface area (Å²) in [4.78, 5) is 0. The lowest BCUT2D eigenvalue weighted by Gasteiger charge is -1.82. The molecule has 1 aromatic heterocycles. The van der Waals surface area contributed by atoms with E-state index >= 15 is 0 Å². The van der Waals surface area contributed by atoms with E-state index in [9.17, 15) is 8.42 Å². The second-order valence-electron chi connectivity index (χ2n) is 1.17. The minimum absolute atomic E-state index is 0.870. The van der Waals surface area contributed by atoms with Gasteiger partial charge in [-0.2, -0.15) is 8.42 Å². The summed E-state index contributed by atoms with van der Waals surface area (Å²) in [5, 5.41) is 6.98. The topological polar surface area (TPSA) is 89.4 Å². The molecule has 0 fully saturated rings. The van der Waals surface area contributed by atoms with E-state index < -0.39 is 10.4 Å². The fraction of sp³-hybridized carbons (Fsp3) is 0.333. The van der Waals surface area contributed by atoms with Crippen LogP contribution in [0.25, 0.3) is 0 Å². The Kier molecular flexibility index (Phi) is 4.86. The molecule has 1 rings (SSSR count). The highest BCUT2D eigenvalue weighted by Crippen LogP contribution is 1.80. The van der Waals surface area contributed by atoms with Gasteiger partial charge < -0.3 is 0 Å². The zero-order valence-electron chi connectivity index (χ0n) is 5.54. The summed E-state index contributed by atoms with van der Waals surface area (Å²) in [6.07, 6.45) is 0. The minimum atomic E-state index is -4.16. The normalized spacial score (nSPS) is 10.0. The maximum atomic E-state index is 9.33. The van der Waals surface area contributed by atoms with Crippen LogP contribution in [0, 0.1) is 0 Å². The zero-order chi connectivity index (χ0) is 8.74. The third-order valence-electron chi connectivity index (χ3n) is 0.493. The Morgan fingerprint density at radius 3 is 1.91 bits per heavy atom. The fourth-order valence-corrected chi connectivity index (χ4v) is 0.408. The third kappa shape index (κ3) is 9.43. The van der Waals surface area contributed by atoms with Crippen LogP contribution in [0.5, 0.6) is 0 Å². The zero-order valence-corrected chi connectivity index (χ0v) is 7.17. The molecule has 6 nitrogen and oxygen atoms in total. The van der Waals surface area contributed by atoms with Gasteiger partial charge in [-0.15, -0.1) is 21.5 Å². The van der Waals surface area contributed by atoms with Crippen LogP contribution >= 0.6 is 11.3 Å². The molecule has 0 aliphatic rings. The van der Waals surface area contributed by atoms with Gasteiger partial charge >= 0.3 is 10.4 Å². The first-order valence-corrected chi connectivity index (χ1v) is 4.59. The van der Waals surface area contributed by atoms with Gasteiger partial charge in [-0.3, -0.25) is 8.74 Å². The van der Waals surface area contributed by atoms with Gasteiger partial charge in [-0.1, -0.05) is 0 Å². The molecule has 11 heavy (non-hydrogen) atoms. The van der Waals surface area contributed by atoms with Crippen LogP contribution in [0.3, 0.4) is 0 Å². The van der Waals surface area contributed by atoms with Gasteiger partial charge in [0.05, 0.1) is 7.11 Å². The van der Waals surface area contributed by atoms with Crippen LogP contribution < -0.4 is 0 Å². The van der Waals surface area contributed by atoms with Gasteiger partial charge in [0.2, 0.25) is 0 Å². The Morgan fingerprint density at radius 2 is 1.82 bits per heavy atom. The summed E-state index contributed by atoms with van der Waals surface area (Å²) in [6, 6.07) is 0. The highest BCUT2D eigenvalue weighted by Gasteiger charge is 1.93. The van der Waals surface area contributed by atoms with E-state index in [1.807, 2.05) is 0 Å². The first kappa shape index (κ1) is 10.4. The number of hydrogen-bond donors (Lipinski definition) is 1. The Morgan fingerprint density at radius 1 is 1.45 bits per heavy atom. The number of hydrogen-bond acceptors (Lipinski definition) is 6. The average molecular weight is 198 g/mol. The van der Waals surface area contributed by atoms with Crippen molar-refractivity contribution in [2.75, 3.05) is 7.11 Å². The monoisotopic (exact) mass is 198 g/mol. The SMILES string of the molecule is COS(=O)(=O)O.c1nncs1. The lowest BCUT2D eigenvalue weighted by atomic mass is 11.6. The molecule has 1 N–H and O–H groups in total. The van der Waals surface area contributed by atoms with E-state index in [0.29, 0.717) is 0 Å². The second-order valence-corrected chi connectivity index (χ2v) is 3.05. The molecular formula is C3H6N2O4S2. The lowest BCUT2D eigenvalue weighted by Crippen LogP contribution is -1.96. The fourth-order valence-electron chi connectivity index (χ4n) is 0.136. The molecule has 0 spiro atoms. The van der Waals surface area contributed by atoms with Gasteiger partial charge in [-0.25, -0.2) is 0 Å². The van der Waals surface area contributed by atoms with Crippen LogP contribution in [-0.2, 0) is 14.6 Å². The smallest absolute Gasteiger partial charge is 0.264 e. The summed E-state index contributed by atoms with van der Waals surface area (Å²) in [5.74, 6) is 0. The minimum Gasteiger partial charge on any atom is -0.264 e. The largest absolute Gasteiger partial charge is 0.397 e. The van der Waals surface area contributed by atoms with Crippen LogP contribution in [0.15, 0.2) is 11.0 Å². The average Bonchev–Trinajstić information content (AvgIpc) is 2.41. The van der Waals surface area contributed by atoms with Crippen LogP contribution in [0.4, 0.5) is 0 Å². The molecule has 0 atom stereocenters. The molecule has 0 aromatic carbocycles. The van der Waals surface area contributed by atoms with Crippen molar-refractivity contribution in [3.05, 3.63) is 11.0 Å². The quantitative estimate of drug-likeness (QED) is 0.637. The first-order chi connectivity index (χ1) is 5.06. The Balaban J connectivity index is 0.000000183. The number of nitrogens with zero attached hydrogens (tertiary/aromatic N) is 2. The highest BCUT2D eigenvalue weighted by molar-refractivity contribution is 7.80. The Bertz CT molecular complexity index is 238. The first-order valence-electron chi connectivity index (χ1n) is 2.28. The Labute approximate surface area is 67.8 Å². The second kappa shape index (κ2) is 5.13. The maximum absolute atomic E-state index is 9.33. The van der Waals surface area contributed by atoms with Crippen molar-refractivity contribution in [1.29, 1.82) is 0 Å². The summed E-state index contributed by atoms with van der Waals surface area (Å²) in [6.45, 7) is 0. The molecule has 0 bridgehead atoms. The predicted octanol–water partition coefficient (Wildman–Crippen LogP) is -0.0263. The predicted molar refractivity (Wildman–Crippen MR) is 38.5 cm³/mol. The van der Waals surface area contributed by atoms with Gasteiger partial charge in [-0.05, 0) is 0 Å².